The molecule has 1 aliphatic rings. The van der Waals surface area contributed by atoms with Gasteiger partial charge < -0.3 is 15.4 Å². The minimum absolute atomic E-state index is 0.0597. The van der Waals surface area contributed by atoms with Gasteiger partial charge in [-0.15, -0.1) is 0 Å². The van der Waals surface area contributed by atoms with E-state index in [1.165, 1.54) is 14.1 Å². The zero-order valence-electron chi connectivity index (χ0n) is 14.6. The lowest BCUT2D eigenvalue weighted by Crippen LogP contribution is -2.39. The van der Waals surface area contributed by atoms with Crippen LogP contribution >= 0.6 is 0 Å². The standard InChI is InChI=1S/C17H21N5O3/c1-20(2)11-7-5-10(6-8-11)12-9-13(19-18-12)14-15(23)21(3)17(25)22(4)16(14)24/h5-8,12,18,23H,9H2,1-4H3. The zero-order chi connectivity index (χ0) is 18.3. The van der Waals surface area contributed by atoms with Crippen molar-refractivity contribution in [2.75, 3.05) is 19.0 Å². The molecular formula is C17H21N5O3. The fraction of sp³-hybridized carbons (Fsp3) is 0.353. The third-order valence-corrected chi connectivity index (χ3v) is 4.49. The summed E-state index contributed by atoms with van der Waals surface area (Å²) in [7, 11) is 6.75. The Morgan fingerprint density at radius 2 is 1.80 bits per heavy atom. The molecule has 1 aliphatic heterocycles. The maximum absolute atomic E-state index is 12.4. The lowest BCUT2D eigenvalue weighted by atomic mass is 9.99. The van der Waals surface area contributed by atoms with E-state index >= 15 is 0 Å². The number of benzene rings is 1. The molecule has 0 aliphatic carbocycles. The summed E-state index contributed by atoms with van der Waals surface area (Å²) in [5, 5.41) is 14.5. The topological polar surface area (TPSA) is 91.9 Å². The Morgan fingerprint density at radius 1 is 1.16 bits per heavy atom. The molecule has 1 aromatic carbocycles. The molecule has 132 valence electrons. The van der Waals surface area contributed by atoms with Crippen LogP contribution in [0.4, 0.5) is 5.69 Å². The van der Waals surface area contributed by atoms with Gasteiger partial charge in [0.2, 0.25) is 5.88 Å². The molecule has 0 spiro atoms. The molecule has 3 rings (SSSR count). The summed E-state index contributed by atoms with van der Waals surface area (Å²) in [4.78, 5) is 26.3. The first-order valence-corrected chi connectivity index (χ1v) is 7.90. The van der Waals surface area contributed by atoms with Gasteiger partial charge in [-0.3, -0.25) is 13.9 Å². The molecule has 1 unspecified atom stereocenters. The van der Waals surface area contributed by atoms with Crippen molar-refractivity contribution < 1.29 is 5.11 Å². The summed E-state index contributed by atoms with van der Waals surface area (Å²) in [6, 6.07) is 7.94. The first-order chi connectivity index (χ1) is 11.8. The van der Waals surface area contributed by atoms with E-state index in [0.717, 1.165) is 20.4 Å². The second-order valence-electron chi connectivity index (χ2n) is 6.33. The van der Waals surface area contributed by atoms with Gasteiger partial charge >= 0.3 is 5.69 Å². The molecule has 2 aromatic rings. The average molecular weight is 343 g/mol. The number of hydrogen-bond acceptors (Lipinski definition) is 6. The Morgan fingerprint density at radius 3 is 2.40 bits per heavy atom. The van der Waals surface area contributed by atoms with Gasteiger partial charge in [0.15, 0.2) is 0 Å². The summed E-state index contributed by atoms with van der Waals surface area (Å²) in [5.74, 6) is -0.364. The summed E-state index contributed by atoms with van der Waals surface area (Å²) < 4.78 is 2.01. The van der Waals surface area contributed by atoms with E-state index in [0.29, 0.717) is 12.1 Å². The van der Waals surface area contributed by atoms with Crippen LogP contribution in [0, 0.1) is 0 Å². The normalized spacial score (nSPS) is 16.5. The SMILES string of the molecule is CN(C)c1ccc(C2CC(c3c(O)n(C)c(=O)n(C)c3=O)=NN2)cc1. The Bertz CT molecular complexity index is 954. The van der Waals surface area contributed by atoms with Gasteiger partial charge in [-0.2, -0.15) is 5.10 Å². The molecule has 8 nitrogen and oxygen atoms in total. The van der Waals surface area contributed by atoms with E-state index in [1.54, 1.807) is 0 Å². The van der Waals surface area contributed by atoms with E-state index in [9.17, 15) is 14.7 Å². The number of nitrogens with one attached hydrogen (secondary N) is 1. The van der Waals surface area contributed by atoms with Crippen molar-refractivity contribution in [3.63, 3.8) is 0 Å². The molecule has 2 heterocycles. The van der Waals surface area contributed by atoms with E-state index in [-0.39, 0.29) is 17.5 Å². The van der Waals surface area contributed by atoms with Crippen molar-refractivity contribution in [1.82, 2.24) is 14.6 Å². The summed E-state index contributed by atoms with van der Waals surface area (Å²) in [6.45, 7) is 0. The number of hydrogen-bond donors (Lipinski definition) is 2. The number of aromatic nitrogens is 2. The number of rotatable bonds is 3. The quantitative estimate of drug-likeness (QED) is 0.836. The Hall–Kier alpha value is -3.03. The number of hydrazone groups is 1. The van der Waals surface area contributed by atoms with Crippen LogP contribution in [-0.2, 0) is 14.1 Å². The van der Waals surface area contributed by atoms with Crippen LogP contribution in [0.5, 0.6) is 5.88 Å². The second kappa shape index (κ2) is 6.12. The summed E-state index contributed by atoms with van der Waals surface area (Å²) in [6.07, 6.45) is 0.447. The zero-order valence-corrected chi connectivity index (χ0v) is 14.6. The van der Waals surface area contributed by atoms with Gasteiger partial charge in [0.05, 0.1) is 11.8 Å². The highest BCUT2D eigenvalue weighted by molar-refractivity contribution is 6.03. The minimum atomic E-state index is -0.575. The molecule has 8 heteroatoms. The van der Waals surface area contributed by atoms with Gasteiger partial charge in [-0.25, -0.2) is 4.79 Å². The van der Waals surface area contributed by atoms with E-state index in [1.807, 2.05) is 43.3 Å². The number of aromatic hydroxyl groups is 1. The van der Waals surface area contributed by atoms with Crippen molar-refractivity contribution in [2.24, 2.45) is 19.2 Å². The molecule has 0 radical (unpaired) electrons. The Labute approximate surface area is 144 Å². The number of nitrogens with zero attached hydrogens (tertiary/aromatic N) is 4. The third kappa shape index (κ3) is 2.79. The molecule has 0 fully saturated rings. The molecular weight excluding hydrogens is 322 g/mol. The third-order valence-electron chi connectivity index (χ3n) is 4.49. The van der Waals surface area contributed by atoms with E-state index in [4.69, 9.17) is 0 Å². The van der Waals surface area contributed by atoms with Crippen molar-refractivity contribution >= 4 is 11.4 Å². The first kappa shape index (κ1) is 16.8. The Kier molecular flexibility index (Phi) is 4.12. The van der Waals surface area contributed by atoms with Crippen molar-refractivity contribution in [3.8, 4) is 5.88 Å². The van der Waals surface area contributed by atoms with Crippen LogP contribution in [0.1, 0.15) is 23.6 Å². The monoisotopic (exact) mass is 343 g/mol. The Balaban J connectivity index is 1.91. The second-order valence-corrected chi connectivity index (χ2v) is 6.33. The molecule has 0 amide bonds. The van der Waals surface area contributed by atoms with E-state index < -0.39 is 11.2 Å². The van der Waals surface area contributed by atoms with Gasteiger partial charge in [0, 0.05) is 40.3 Å². The van der Waals surface area contributed by atoms with Crippen molar-refractivity contribution in [2.45, 2.75) is 12.5 Å². The fourth-order valence-corrected chi connectivity index (χ4v) is 2.88. The maximum Gasteiger partial charge on any atom is 0.333 e. The largest absolute Gasteiger partial charge is 0.494 e. The maximum atomic E-state index is 12.4. The van der Waals surface area contributed by atoms with Crippen LogP contribution in [0.2, 0.25) is 0 Å². The van der Waals surface area contributed by atoms with Crippen LogP contribution in [0.15, 0.2) is 39.0 Å². The van der Waals surface area contributed by atoms with Crippen LogP contribution in [0.3, 0.4) is 0 Å². The van der Waals surface area contributed by atoms with Crippen molar-refractivity contribution in [1.29, 1.82) is 0 Å². The summed E-state index contributed by atoms with van der Waals surface area (Å²) in [5.41, 5.74) is 4.50. The predicted octanol–water partition coefficient (Wildman–Crippen LogP) is 0.294. The van der Waals surface area contributed by atoms with E-state index in [2.05, 4.69) is 10.5 Å². The van der Waals surface area contributed by atoms with Gasteiger partial charge in [-0.05, 0) is 17.7 Å². The highest BCUT2D eigenvalue weighted by Crippen LogP contribution is 2.27. The lowest BCUT2D eigenvalue weighted by molar-refractivity contribution is 0.410. The smallest absolute Gasteiger partial charge is 0.333 e. The van der Waals surface area contributed by atoms with Gasteiger partial charge in [0.1, 0.15) is 5.56 Å². The fourth-order valence-electron chi connectivity index (χ4n) is 2.88. The molecule has 0 saturated heterocycles. The number of anilines is 1. The minimum Gasteiger partial charge on any atom is -0.494 e. The lowest BCUT2D eigenvalue weighted by Gasteiger charge is -2.15. The highest BCUT2D eigenvalue weighted by atomic mass is 16.3. The molecule has 1 atom stereocenters. The van der Waals surface area contributed by atoms with Crippen LogP contribution in [0.25, 0.3) is 0 Å². The molecule has 0 saturated carbocycles. The molecule has 1 aromatic heterocycles. The molecule has 0 bridgehead atoms. The van der Waals surface area contributed by atoms with Gasteiger partial charge in [0.25, 0.3) is 5.56 Å². The first-order valence-electron chi connectivity index (χ1n) is 7.90. The molecule has 25 heavy (non-hydrogen) atoms. The summed E-state index contributed by atoms with van der Waals surface area (Å²) >= 11 is 0. The predicted molar refractivity (Wildman–Crippen MR) is 96.4 cm³/mol. The van der Waals surface area contributed by atoms with Crippen LogP contribution in [-0.4, -0.2) is 34.0 Å². The molecule has 2 N–H and O–H groups in total. The van der Waals surface area contributed by atoms with Gasteiger partial charge in [-0.1, -0.05) is 12.1 Å². The average Bonchev–Trinajstić information content (AvgIpc) is 3.08. The van der Waals surface area contributed by atoms with Crippen molar-refractivity contribution in [3.05, 3.63) is 56.2 Å². The van der Waals surface area contributed by atoms with Crippen LogP contribution < -0.4 is 21.6 Å². The highest BCUT2D eigenvalue weighted by Gasteiger charge is 2.27.